The van der Waals surface area contributed by atoms with Gasteiger partial charge in [-0.05, 0) is 27.2 Å². The summed E-state index contributed by atoms with van der Waals surface area (Å²) in [5.74, 6) is 0.686. The summed E-state index contributed by atoms with van der Waals surface area (Å²) in [6.07, 6.45) is 1.32. The van der Waals surface area contributed by atoms with Crippen molar-refractivity contribution >= 4 is 17.7 Å². The lowest BCUT2D eigenvalue weighted by Crippen LogP contribution is -2.31. The minimum absolute atomic E-state index is 0.0320. The summed E-state index contributed by atoms with van der Waals surface area (Å²) in [7, 11) is 0. The molecule has 1 aliphatic heterocycles. The topological polar surface area (TPSA) is 73.2 Å². The van der Waals surface area contributed by atoms with Gasteiger partial charge in [-0.2, -0.15) is 0 Å². The summed E-state index contributed by atoms with van der Waals surface area (Å²) in [6.45, 7) is 7.02. The second kappa shape index (κ2) is 7.78. The maximum absolute atomic E-state index is 12.0. The van der Waals surface area contributed by atoms with Crippen LogP contribution in [0.4, 0.5) is 0 Å². The van der Waals surface area contributed by atoms with Gasteiger partial charge >= 0.3 is 0 Å². The van der Waals surface area contributed by atoms with Gasteiger partial charge in [-0.25, -0.2) is 4.98 Å². The van der Waals surface area contributed by atoms with Crippen molar-refractivity contribution in [3.8, 4) is 0 Å². The van der Waals surface area contributed by atoms with E-state index in [0.29, 0.717) is 24.7 Å². The fraction of sp³-hybridized carbons (Fsp3) is 0.667. The zero-order valence-corrected chi connectivity index (χ0v) is 14.1. The Bertz CT molecular complexity index is 586. The Morgan fingerprint density at radius 2 is 2.36 bits per heavy atom. The van der Waals surface area contributed by atoms with E-state index in [4.69, 9.17) is 4.74 Å². The lowest BCUT2D eigenvalue weighted by Gasteiger charge is -2.13. The van der Waals surface area contributed by atoms with Gasteiger partial charge in [0.05, 0.1) is 12.1 Å². The number of fused-ring (bicyclic) bond motifs is 1. The van der Waals surface area contributed by atoms with Gasteiger partial charge in [0.1, 0.15) is 0 Å². The number of amides is 1. The molecule has 2 heterocycles. The van der Waals surface area contributed by atoms with E-state index in [-0.39, 0.29) is 23.6 Å². The maximum atomic E-state index is 12.0. The molecule has 0 unspecified atom stereocenters. The van der Waals surface area contributed by atoms with Crippen molar-refractivity contribution in [3.63, 3.8) is 0 Å². The van der Waals surface area contributed by atoms with Crippen LogP contribution in [-0.4, -0.2) is 40.5 Å². The molecular weight excluding hydrogens is 302 g/mol. The van der Waals surface area contributed by atoms with Crippen molar-refractivity contribution in [1.82, 2.24) is 14.9 Å². The number of hydrogen-bond acceptors (Lipinski definition) is 5. The van der Waals surface area contributed by atoms with E-state index in [1.807, 2.05) is 20.8 Å². The van der Waals surface area contributed by atoms with Gasteiger partial charge in [-0.3, -0.25) is 14.2 Å². The molecule has 0 fully saturated rings. The predicted octanol–water partition coefficient (Wildman–Crippen LogP) is 1.52. The first kappa shape index (κ1) is 17.0. The van der Waals surface area contributed by atoms with Crippen LogP contribution in [0.3, 0.4) is 0 Å². The van der Waals surface area contributed by atoms with Gasteiger partial charge in [0.25, 0.3) is 5.56 Å². The number of carbonyl (C=O) groups excluding carboxylic acids is 1. The molecule has 0 radical (unpaired) electrons. The molecule has 1 aliphatic rings. The Morgan fingerprint density at radius 3 is 3.09 bits per heavy atom. The molecule has 1 atom stereocenters. The largest absolute Gasteiger partial charge is 0.379 e. The van der Waals surface area contributed by atoms with E-state index in [1.54, 1.807) is 4.57 Å². The van der Waals surface area contributed by atoms with E-state index in [1.165, 1.54) is 17.8 Å². The molecule has 122 valence electrons. The van der Waals surface area contributed by atoms with Gasteiger partial charge in [0, 0.05) is 37.1 Å². The molecule has 1 N–H and O–H groups in total. The monoisotopic (exact) mass is 325 g/mol. The number of aromatic nitrogens is 2. The average Bonchev–Trinajstić information content (AvgIpc) is 2.81. The lowest BCUT2D eigenvalue weighted by atomic mass is 10.2. The van der Waals surface area contributed by atoms with E-state index in [0.717, 1.165) is 17.9 Å². The third-order valence-corrected chi connectivity index (χ3v) is 4.43. The highest BCUT2D eigenvalue weighted by molar-refractivity contribution is 7.99. The van der Waals surface area contributed by atoms with Crippen molar-refractivity contribution in [1.29, 1.82) is 0 Å². The molecule has 6 nitrogen and oxygen atoms in total. The van der Waals surface area contributed by atoms with Gasteiger partial charge in [0.2, 0.25) is 5.91 Å². The van der Waals surface area contributed by atoms with Crippen LogP contribution in [0.25, 0.3) is 0 Å². The number of aryl methyl sites for hydroxylation is 1. The van der Waals surface area contributed by atoms with Crippen LogP contribution >= 0.6 is 11.8 Å². The summed E-state index contributed by atoms with van der Waals surface area (Å²) in [5, 5.41) is 3.60. The molecule has 1 amide bonds. The van der Waals surface area contributed by atoms with Crippen LogP contribution in [0.2, 0.25) is 0 Å². The Balaban J connectivity index is 1.81. The fourth-order valence-corrected chi connectivity index (χ4v) is 3.51. The number of thioether (sulfide) groups is 1. The molecule has 22 heavy (non-hydrogen) atoms. The number of rotatable bonds is 7. The molecule has 7 heteroatoms. The van der Waals surface area contributed by atoms with Crippen LogP contribution in [0.1, 0.15) is 38.4 Å². The summed E-state index contributed by atoms with van der Waals surface area (Å²) in [4.78, 5) is 28.4. The maximum Gasteiger partial charge on any atom is 0.254 e. The highest BCUT2D eigenvalue weighted by Gasteiger charge is 2.27. The SMILES string of the molecule is Cc1cc(=O)n2c(n1)SC[C@@H]2CC(=O)NCCCOC(C)C. The number of nitrogens with zero attached hydrogens (tertiary/aromatic N) is 2. The zero-order valence-electron chi connectivity index (χ0n) is 13.3. The average molecular weight is 325 g/mol. The van der Waals surface area contributed by atoms with E-state index in [9.17, 15) is 9.59 Å². The Kier molecular flexibility index (Phi) is 6.02. The number of nitrogens with one attached hydrogen (secondary N) is 1. The standard InChI is InChI=1S/C15H23N3O3S/c1-10(2)21-6-4-5-16-13(19)8-12-9-22-15-17-11(3)7-14(20)18(12)15/h7,10,12H,4-6,8-9H2,1-3H3,(H,16,19)/t12-/m0/s1. The molecule has 0 saturated heterocycles. The fourth-order valence-electron chi connectivity index (χ4n) is 2.32. The molecule has 0 saturated carbocycles. The first-order chi connectivity index (χ1) is 10.5. The first-order valence-electron chi connectivity index (χ1n) is 7.58. The smallest absolute Gasteiger partial charge is 0.254 e. The molecule has 0 aliphatic carbocycles. The van der Waals surface area contributed by atoms with E-state index < -0.39 is 0 Å². The van der Waals surface area contributed by atoms with Crippen molar-refractivity contribution in [2.24, 2.45) is 0 Å². The van der Waals surface area contributed by atoms with Gasteiger partial charge < -0.3 is 10.1 Å². The van der Waals surface area contributed by atoms with Crippen LogP contribution in [-0.2, 0) is 9.53 Å². The summed E-state index contributed by atoms with van der Waals surface area (Å²) >= 11 is 1.53. The summed E-state index contributed by atoms with van der Waals surface area (Å²) < 4.78 is 7.06. The summed E-state index contributed by atoms with van der Waals surface area (Å²) in [6, 6.07) is 1.41. The molecular formula is C15H23N3O3S. The number of ether oxygens (including phenoxy) is 1. The number of hydrogen-bond donors (Lipinski definition) is 1. The van der Waals surface area contributed by atoms with Crippen molar-refractivity contribution in [2.45, 2.75) is 50.9 Å². The molecule has 0 aromatic carbocycles. The van der Waals surface area contributed by atoms with Crippen LogP contribution in [0.5, 0.6) is 0 Å². The van der Waals surface area contributed by atoms with Crippen LogP contribution < -0.4 is 10.9 Å². The Hall–Kier alpha value is -1.34. The third kappa shape index (κ3) is 4.58. The lowest BCUT2D eigenvalue weighted by molar-refractivity contribution is -0.121. The molecule has 0 spiro atoms. The van der Waals surface area contributed by atoms with Gasteiger partial charge in [0.15, 0.2) is 5.16 Å². The quantitative estimate of drug-likeness (QED) is 0.608. The van der Waals surface area contributed by atoms with Gasteiger partial charge in [-0.1, -0.05) is 11.8 Å². The third-order valence-electron chi connectivity index (χ3n) is 3.33. The number of carbonyl (C=O) groups is 1. The minimum Gasteiger partial charge on any atom is -0.379 e. The van der Waals surface area contributed by atoms with Crippen LogP contribution in [0.15, 0.2) is 16.0 Å². The Morgan fingerprint density at radius 1 is 1.59 bits per heavy atom. The Labute approximate surface area is 134 Å². The van der Waals surface area contributed by atoms with Crippen molar-refractivity contribution in [3.05, 3.63) is 22.1 Å². The molecule has 1 aromatic rings. The van der Waals surface area contributed by atoms with Gasteiger partial charge in [-0.15, -0.1) is 0 Å². The highest BCUT2D eigenvalue weighted by atomic mass is 32.2. The first-order valence-corrected chi connectivity index (χ1v) is 8.57. The van der Waals surface area contributed by atoms with E-state index in [2.05, 4.69) is 10.3 Å². The molecule has 0 bridgehead atoms. The van der Waals surface area contributed by atoms with Crippen molar-refractivity contribution < 1.29 is 9.53 Å². The molecule has 1 aromatic heterocycles. The zero-order chi connectivity index (χ0) is 16.1. The second-order valence-corrected chi connectivity index (χ2v) is 6.67. The predicted molar refractivity (Wildman–Crippen MR) is 86.3 cm³/mol. The minimum atomic E-state index is -0.104. The normalized spacial score (nSPS) is 16.8. The van der Waals surface area contributed by atoms with Crippen molar-refractivity contribution in [2.75, 3.05) is 18.9 Å². The van der Waals surface area contributed by atoms with Crippen LogP contribution in [0, 0.1) is 6.92 Å². The molecule has 2 rings (SSSR count). The second-order valence-electron chi connectivity index (χ2n) is 5.68. The van der Waals surface area contributed by atoms with E-state index >= 15 is 0 Å². The summed E-state index contributed by atoms with van der Waals surface area (Å²) in [5.41, 5.74) is 0.648. The highest BCUT2D eigenvalue weighted by Crippen LogP contribution is 2.31.